The second-order valence-electron chi connectivity index (χ2n) is 8.14. The van der Waals surface area contributed by atoms with Crippen LogP contribution in [0.25, 0.3) is 0 Å². The molecular formula is C22H34N6O7S. The van der Waals surface area contributed by atoms with Gasteiger partial charge in [-0.15, -0.1) is 0 Å². The van der Waals surface area contributed by atoms with Gasteiger partial charge in [0.15, 0.2) is 0 Å². The van der Waals surface area contributed by atoms with Crippen LogP contribution in [0.1, 0.15) is 31.2 Å². The number of benzene rings is 1. The largest absolute Gasteiger partial charge is 0.508 e. The number of hydrogen-bond acceptors (Lipinski definition) is 9. The average Bonchev–Trinajstić information content (AvgIpc) is 2.82. The summed E-state index contributed by atoms with van der Waals surface area (Å²) in [4.78, 5) is 60.9. The molecule has 14 heteroatoms. The van der Waals surface area contributed by atoms with Crippen molar-refractivity contribution in [2.75, 3.05) is 12.3 Å². The zero-order valence-corrected chi connectivity index (χ0v) is 20.6. The molecule has 0 heterocycles. The fraction of sp³-hybridized carbons (Fsp3) is 0.500. The number of amides is 4. The van der Waals surface area contributed by atoms with Crippen LogP contribution >= 0.6 is 12.6 Å². The molecule has 0 aliphatic carbocycles. The van der Waals surface area contributed by atoms with Gasteiger partial charge in [0.25, 0.3) is 0 Å². The molecule has 0 fully saturated rings. The molecule has 4 amide bonds. The molecule has 4 unspecified atom stereocenters. The molecule has 0 bridgehead atoms. The van der Waals surface area contributed by atoms with E-state index in [1.54, 1.807) is 0 Å². The van der Waals surface area contributed by atoms with Gasteiger partial charge in [-0.3, -0.25) is 19.2 Å². The van der Waals surface area contributed by atoms with Crippen LogP contribution in [0.3, 0.4) is 0 Å². The summed E-state index contributed by atoms with van der Waals surface area (Å²) in [6.07, 6.45) is 0.931. The smallest absolute Gasteiger partial charge is 0.326 e. The minimum atomic E-state index is -1.40. The lowest BCUT2D eigenvalue weighted by Crippen LogP contribution is -2.58. The fourth-order valence-corrected chi connectivity index (χ4v) is 3.39. The van der Waals surface area contributed by atoms with Gasteiger partial charge in [0, 0.05) is 12.2 Å². The highest BCUT2D eigenvalue weighted by atomic mass is 32.1. The summed E-state index contributed by atoms with van der Waals surface area (Å²) >= 11 is 4.04. The summed E-state index contributed by atoms with van der Waals surface area (Å²) in [5.41, 5.74) is 17.0. The first-order chi connectivity index (χ1) is 17.0. The Kier molecular flexibility index (Phi) is 13.3. The van der Waals surface area contributed by atoms with Crippen molar-refractivity contribution in [2.24, 2.45) is 17.2 Å². The third kappa shape index (κ3) is 10.9. The SMILES string of the molecule is NCCCCC(N)C(=O)NC(CC(N)=O)C(=O)NC(CS)C(=O)NC(Cc1ccc(O)cc1)C(=O)O. The number of phenols is 1. The van der Waals surface area contributed by atoms with Crippen molar-refractivity contribution in [1.29, 1.82) is 0 Å². The molecule has 0 aliphatic heterocycles. The van der Waals surface area contributed by atoms with Crippen LogP contribution in [0.4, 0.5) is 0 Å². The van der Waals surface area contributed by atoms with E-state index >= 15 is 0 Å². The van der Waals surface area contributed by atoms with Gasteiger partial charge in [-0.1, -0.05) is 18.6 Å². The van der Waals surface area contributed by atoms with E-state index in [4.69, 9.17) is 17.2 Å². The van der Waals surface area contributed by atoms with Gasteiger partial charge in [-0.25, -0.2) is 4.79 Å². The maximum atomic E-state index is 12.8. The Morgan fingerprint density at radius 2 is 1.44 bits per heavy atom. The third-order valence-electron chi connectivity index (χ3n) is 5.15. The number of carboxylic acids is 1. The van der Waals surface area contributed by atoms with Crippen molar-refractivity contribution in [2.45, 2.75) is 56.3 Å². The second kappa shape index (κ2) is 15.6. The van der Waals surface area contributed by atoms with Crippen molar-refractivity contribution < 1.29 is 34.2 Å². The molecule has 200 valence electrons. The van der Waals surface area contributed by atoms with Crippen molar-refractivity contribution in [3.05, 3.63) is 29.8 Å². The quantitative estimate of drug-likeness (QED) is 0.0832. The van der Waals surface area contributed by atoms with Crippen molar-refractivity contribution in [3.63, 3.8) is 0 Å². The Balaban J connectivity index is 2.85. The molecule has 0 aliphatic rings. The zero-order chi connectivity index (χ0) is 27.3. The summed E-state index contributed by atoms with van der Waals surface area (Å²) in [5.74, 6) is -4.81. The van der Waals surface area contributed by atoms with E-state index in [-0.39, 0.29) is 17.9 Å². The Morgan fingerprint density at radius 3 is 1.97 bits per heavy atom. The maximum absolute atomic E-state index is 12.8. The highest BCUT2D eigenvalue weighted by Crippen LogP contribution is 2.12. The van der Waals surface area contributed by atoms with Gasteiger partial charge in [-0.2, -0.15) is 12.6 Å². The lowest BCUT2D eigenvalue weighted by Gasteiger charge is -2.24. The summed E-state index contributed by atoms with van der Waals surface area (Å²) in [6.45, 7) is 0.436. The van der Waals surface area contributed by atoms with Crippen LogP contribution in [0.15, 0.2) is 24.3 Å². The van der Waals surface area contributed by atoms with Gasteiger partial charge < -0.3 is 43.4 Å². The number of phenolic OH excluding ortho intramolecular Hbond substituents is 1. The highest BCUT2D eigenvalue weighted by molar-refractivity contribution is 7.80. The number of thiol groups is 1. The maximum Gasteiger partial charge on any atom is 0.326 e. The molecule has 0 saturated heterocycles. The number of aliphatic carboxylic acids is 1. The standard InChI is InChI=1S/C22H34N6O7S/c23-8-2-1-3-14(24)19(31)26-15(10-18(25)30)20(32)28-17(11-36)21(33)27-16(22(34)35)9-12-4-6-13(29)7-5-12/h4-7,14-17,29,36H,1-3,8-11,23-24H2,(H2,25,30)(H,26,31)(H,27,33)(H,28,32)(H,34,35). The normalized spacial score (nSPS) is 14.1. The van der Waals surface area contributed by atoms with Crippen molar-refractivity contribution in [3.8, 4) is 5.75 Å². The summed E-state index contributed by atoms with van der Waals surface area (Å²) < 4.78 is 0. The van der Waals surface area contributed by atoms with E-state index in [2.05, 4.69) is 28.6 Å². The van der Waals surface area contributed by atoms with E-state index in [0.717, 1.165) is 0 Å². The summed E-state index contributed by atoms with van der Waals surface area (Å²) in [5, 5.41) is 25.9. The van der Waals surface area contributed by atoms with Gasteiger partial charge in [0.2, 0.25) is 23.6 Å². The molecule has 36 heavy (non-hydrogen) atoms. The molecule has 0 radical (unpaired) electrons. The van der Waals surface area contributed by atoms with Gasteiger partial charge in [0.1, 0.15) is 23.9 Å². The minimum absolute atomic E-state index is 0.00151. The lowest BCUT2D eigenvalue weighted by atomic mass is 10.1. The van der Waals surface area contributed by atoms with E-state index < -0.39 is 60.2 Å². The molecule has 4 atom stereocenters. The molecular weight excluding hydrogens is 492 g/mol. The molecule has 0 aromatic heterocycles. The lowest BCUT2D eigenvalue weighted by molar-refractivity contribution is -0.142. The predicted molar refractivity (Wildman–Crippen MR) is 134 cm³/mol. The molecule has 11 N–H and O–H groups in total. The summed E-state index contributed by atoms with van der Waals surface area (Å²) in [7, 11) is 0. The number of carbonyl (C=O) groups excluding carboxylic acids is 4. The number of carbonyl (C=O) groups is 5. The number of primary amides is 1. The van der Waals surface area contributed by atoms with Crippen molar-refractivity contribution >= 4 is 42.2 Å². The van der Waals surface area contributed by atoms with Crippen LogP contribution < -0.4 is 33.2 Å². The topological polar surface area (TPSA) is 240 Å². The number of rotatable bonds is 16. The monoisotopic (exact) mass is 526 g/mol. The number of nitrogens with one attached hydrogen (secondary N) is 3. The van der Waals surface area contributed by atoms with Gasteiger partial charge >= 0.3 is 5.97 Å². The number of aromatic hydroxyl groups is 1. The first-order valence-corrected chi connectivity index (χ1v) is 11.9. The Bertz CT molecular complexity index is 915. The molecule has 13 nitrogen and oxygen atoms in total. The zero-order valence-electron chi connectivity index (χ0n) is 19.7. The van der Waals surface area contributed by atoms with Crippen LogP contribution in [0, 0.1) is 0 Å². The minimum Gasteiger partial charge on any atom is -0.508 e. The molecule has 1 rings (SSSR count). The van der Waals surface area contributed by atoms with Crippen molar-refractivity contribution in [1.82, 2.24) is 16.0 Å². The average molecular weight is 527 g/mol. The second-order valence-corrected chi connectivity index (χ2v) is 8.50. The van der Waals surface area contributed by atoms with Gasteiger partial charge in [0.05, 0.1) is 12.5 Å². The number of nitrogens with two attached hydrogens (primary N) is 3. The van der Waals surface area contributed by atoms with Crippen LogP contribution in [-0.4, -0.2) is 76.3 Å². The van der Waals surface area contributed by atoms with Crippen LogP contribution in [-0.2, 0) is 30.4 Å². The number of carboxylic acid groups (broad SMARTS) is 1. The van der Waals surface area contributed by atoms with E-state index in [0.29, 0.717) is 31.4 Å². The Morgan fingerprint density at radius 1 is 0.889 bits per heavy atom. The van der Waals surface area contributed by atoms with Crippen LogP contribution in [0.5, 0.6) is 5.75 Å². The fourth-order valence-electron chi connectivity index (χ4n) is 3.14. The third-order valence-corrected chi connectivity index (χ3v) is 5.52. The van der Waals surface area contributed by atoms with E-state index in [1.165, 1.54) is 24.3 Å². The molecule has 0 saturated carbocycles. The summed E-state index contributed by atoms with van der Waals surface area (Å²) in [6, 6.07) is 0.800. The Hall–Kier alpha value is -3.36. The Labute approximate surface area is 213 Å². The van der Waals surface area contributed by atoms with Gasteiger partial charge in [-0.05, 0) is 37.1 Å². The predicted octanol–water partition coefficient (Wildman–Crippen LogP) is -2.26. The molecule has 0 spiro atoms. The highest BCUT2D eigenvalue weighted by Gasteiger charge is 2.30. The van der Waals surface area contributed by atoms with Crippen LogP contribution in [0.2, 0.25) is 0 Å². The van der Waals surface area contributed by atoms with E-state index in [9.17, 15) is 34.2 Å². The number of unbranched alkanes of at least 4 members (excludes halogenated alkanes) is 1. The number of hydrogen-bond donors (Lipinski definition) is 9. The molecule has 1 aromatic carbocycles. The first kappa shape index (κ1) is 30.7. The molecule has 1 aromatic rings. The first-order valence-electron chi connectivity index (χ1n) is 11.2. The van der Waals surface area contributed by atoms with E-state index in [1.807, 2.05) is 0 Å².